The molecule has 5 rings (SSSR count). The van der Waals surface area contributed by atoms with Crippen LogP contribution in [0.15, 0.2) is 72.8 Å². The minimum atomic E-state index is -0.540. The molecule has 59 heavy (non-hydrogen) atoms. The van der Waals surface area contributed by atoms with Gasteiger partial charge in [-0.1, -0.05) is 56.3 Å². The molecular formula is C46H60N4O9. The first-order valence-corrected chi connectivity index (χ1v) is 20.3. The molecule has 0 aliphatic rings. The average molecular weight is 813 g/mol. The molecule has 0 saturated heterocycles. The number of pyridine rings is 1. The number of hydrogen-bond acceptors (Lipinski definition) is 10. The second-order valence-electron chi connectivity index (χ2n) is 14.5. The molecular weight excluding hydrogens is 753 g/mol. The highest BCUT2D eigenvalue weighted by Crippen LogP contribution is 2.32. The van der Waals surface area contributed by atoms with Gasteiger partial charge in [0, 0.05) is 35.2 Å². The molecule has 13 heteroatoms. The number of ether oxygens (including phenoxy) is 6. The zero-order valence-electron chi connectivity index (χ0n) is 35.8. The van der Waals surface area contributed by atoms with Crippen molar-refractivity contribution in [2.75, 3.05) is 66.4 Å². The summed E-state index contributed by atoms with van der Waals surface area (Å²) in [6.45, 7) is 16.7. The van der Waals surface area contributed by atoms with E-state index in [-0.39, 0.29) is 11.6 Å². The van der Waals surface area contributed by atoms with Crippen LogP contribution in [0.25, 0.3) is 27.5 Å². The molecule has 0 radical (unpaired) electrons. The topological polar surface area (TPSA) is 148 Å². The van der Waals surface area contributed by atoms with Gasteiger partial charge in [0.2, 0.25) is 0 Å². The summed E-state index contributed by atoms with van der Waals surface area (Å²) in [5.41, 5.74) is 5.38. The van der Waals surface area contributed by atoms with Crippen molar-refractivity contribution in [3.05, 3.63) is 101 Å². The number of hydrogen-bond donors (Lipinski definition) is 2. The van der Waals surface area contributed by atoms with Crippen molar-refractivity contribution in [2.45, 2.75) is 66.9 Å². The SMILES string of the molecule is CC.COC(=O)c1nn2c(-c3c(C)cc(C(=O)NCCOCCOCCOCCNC(=O)OC(C)(C)C)cc3C)cccc2c1CCCOc1cccc2ccccc12. The standard InChI is InChI=1S/C44H54N4O9.C2H6/c1-30-28-33(41(49)45-19-22-53-24-26-55-27-25-54-23-20-46-43(51)57-44(3,4)5)29-31(2)39(30)37-17-10-16-36-35(40(42(50)52-6)47-48(36)37)15-11-21-56-38-18-9-13-32-12-7-8-14-34(32)38;1-2/h7-10,12-14,16-18,28-29H,11,15,19-27H2,1-6H3,(H,45,49)(H,46,51);1-2H3. The third-order valence-electron chi connectivity index (χ3n) is 8.96. The quantitative estimate of drug-likeness (QED) is 0.0587. The third kappa shape index (κ3) is 13.5. The number of benzene rings is 3. The molecule has 0 atom stereocenters. The summed E-state index contributed by atoms with van der Waals surface area (Å²) < 4.78 is 34.9. The van der Waals surface area contributed by atoms with Crippen molar-refractivity contribution in [3.8, 4) is 17.0 Å². The van der Waals surface area contributed by atoms with Crippen molar-refractivity contribution >= 4 is 34.3 Å². The van der Waals surface area contributed by atoms with Crippen LogP contribution in [0.5, 0.6) is 5.75 Å². The summed E-state index contributed by atoms with van der Waals surface area (Å²) in [5, 5.41) is 12.5. The number of nitrogens with zero attached hydrogens (tertiary/aromatic N) is 2. The van der Waals surface area contributed by atoms with Crippen LogP contribution in [-0.2, 0) is 30.1 Å². The lowest BCUT2D eigenvalue weighted by atomic mass is 9.96. The van der Waals surface area contributed by atoms with Gasteiger partial charge in [-0.05, 0) is 94.3 Å². The van der Waals surface area contributed by atoms with Crippen LogP contribution >= 0.6 is 0 Å². The smallest absolute Gasteiger partial charge is 0.407 e. The molecule has 0 spiro atoms. The molecule has 13 nitrogen and oxygen atoms in total. The Balaban J connectivity index is 0.00000378. The van der Waals surface area contributed by atoms with Crippen LogP contribution in [0.1, 0.15) is 78.6 Å². The first kappa shape index (κ1) is 46.2. The highest BCUT2D eigenvalue weighted by Gasteiger charge is 2.23. The maximum absolute atomic E-state index is 13.1. The number of aryl methyl sites for hydroxylation is 3. The molecule has 5 aromatic rings. The predicted molar refractivity (Wildman–Crippen MR) is 230 cm³/mol. The second-order valence-corrected chi connectivity index (χ2v) is 14.5. The van der Waals surface area contributed by atoms with E-state index >= 15 is 0 Å². The lowest BCUT2D eigenvalue weighted by Gasteiger charge is -2.19. The van der Waals surface area contributed by atoms with E-state index in [2.05, 4.69) is 22.8 Å². The fourth-order valence-electron chi connectivity index (χ4n) is 6.49. The van der Waals surface area contributed by atoms with E-state index in [1.807, 2.05) is 88.4 Å². The van der Waals surface area contributed by atoms with E-state index in [1.54, 1.807) is 25.3 Å². The highest BCUT2D eigenvalue weighted by molar-refractivity contribution is 5.96. The van der Waals surface area contributed by atoms with E-state index in [1.165, 1.54) is 7.11 Å². The van der Waals surface area contributed by atoms with Crippen LogP contribution in [0.3, 0.4) is 0 Å². The molecule has 0 aliphatic carbocycles. The summed E-state index contributed by atoms with van der Waals surface area (Å²) in [6, 6.07) is 23.7. The van der Waals surface area contributed by atoms with E-state index in [9.17, 15) is 14.4 Å². The Hall–Kier alpha value is -5.50. The van der Waals surface area contributed by atoms with Gasteiger partial charge in [0.05, 0.1) is 64.6 Å². The maximum atomic E-state index is 13.1. The molecule has 0 saturated carbocycles. The monoisotopic (exact) mass is 812 g/mol. The summed E-state index contributed by atoms with van der Waals surface area (Å²) in [4.78, 5) is 37.7. The van der Waals surface area contributed by atoms with Gasteiger partial charge in [-0.25, -0.2) is 14.1 Å². The Kier molecular flexibility index (Phi) is 18.2. The molecule has 318 valence electrons. The Morgan fingerprint density at radius 1 is 0.746 bits per heavy atom. The molecule has 0 aliphatic heterocycles. The molecule has 3 aromatic carbocycles. The van der Waals surface area contributed by atoms with Crippen LogP contribution in [0, 0.1) is 13.8 Å². The highest BCUT2D eigenvalue weighted by atomic mass is 16.6. The van der Waals surface area contributed by atoms with E-state index in [0.717, 1.165) is 50.0 Å². The van der Waals surface area contributed by atoms with Crippen LogP contribution < -0.4 is 15.4 Å². The number of nitrogens with one attached hydrogen (secondary N) is 2. The van der Waals surface area contributed by atoms with Crippen molar-refractivity contribution in [1.82, 2.24) is 20.2 Å². The zero-order chi connectivity index (χ0) is 42.8. The number of amides is 2. The molecule has 2 aromatic heterocycles. The van der Waals surface area contributed by atoms with Gasteiger partial charge in [-0.15, -0.1) is 0 Å². The number of alkyl carbamates (subject to hydrolysis) is 1. The molecule has 0 unspecified atom stereocenters. The third-order valence-corrected chi connectivity index (χ3v) is 8.96. The summed E-state index contributed by atoms with van der Waals surface area (Å²) >= 11 is 0. The van der Waals surface area contributed by atoms with Gasteiger partial charge >= 0.3 is 12.1 Å². The van der Waals surface area contributed by atoms with Crippen molar-refractivity contribution in [1.29, 1.82) is 0 Å². The lowest BCUT2D eigenvalue weighted by Crippen LogP contribution is -2.34. The molecule has 2 heterocycles. The van der Waals surface area contributed by atoms with E-state index < -0.39 is 17.7 Å². The largest absolute Gasteiger partial charge is 0.493 e. The number of carbonyl (C=O) groups is 3. The summed E-state index contributed by atoms with van der Waals surface area (Å²) in [7, 11) is 1.36. The zero-order valence-corrected chi connectivity index (χ0v) is 35.8. The van der Waals surface area contributed by atoms with Crippen molar-refractivity contribution in [3.63, 3.8) is 0 Å². The fourth-order valence-corrected chi connectivity index (χ4v) is 6.49. The lowest BCUT2D eigenvalue weighted by molar-refractivity contribution is 0.0145. The van der Waals surface area contributed by atoms with Crippen molar-refractivity contribution in [2.24, 2.45) is 0 Å². The summed E-state index contributed by atoms with van der Waals surface area (Å²) in [5.74, 6) is 0.119. The Morgan fingerprint density at radius 3 is 2.02 bits per heavy atom. The average Bonchev–Trinajstić information content (AvgIpc) is 3.59. The molecule has 2 N–H and O–H groups in total. The Bertz CT molecular complexity index is 2110. The first-order chi connectivity index (χ1) is 28.5. The van der Waals surface area contributed by atoms with Crippen molar-refractivity contribution < 1.29 is 42.8 Å². The fraction of sp³-hybridized carbons (Fsp3) is 0.435. The van der Waals surface area contributed by atoms with Crippen LogP contribution in [0.4, 0.5) is 4.79 Å². The van der Waals surface area contributed by atoms with Gasteiger partial charge in [-0.3, -0.25) is 4.79 Å². The van der Waals surface area contributed by atoms with Gasteiger partial charge in [0.15, 0.2) is 5.69 Å². The first-order valence-electron chi connectivity index (χ1n) is 20.3. The Labute approximate surface area is 347 Å². The normalized spacial score (nSPS) is 11.2. The number of carbonyl (C=O) groups excluding carboxylic acids is 3. The van der Waals surface area contributed by atoms with Gasteiger partial charge in [-0.2, -0.15) is 5.10 Å². The minimum Gasteiger partial charge on any atom is -0.493 e. The van der Waals surface area contributed by atoms with Gasteiger partial charge in [0.25, 0.3) is 5.91 Å². The van der Waals surface area contributed by atoms with Crippen LogP contribution in [-0.4, -0.2) is 99.6 Å². The second kappa shape index (κ2) is 23.2. The molecule has 0 fully saturated rings. The minimum absolute atomic E-state index is 0.204. The Morgan fingerprint density at radius 2 is 1.36 bits per heavy atom. The number of aromatic nitrogens is 2. The molecule has 2 amide bonds. The van der Waals surface area contributed by atoms with E-state index in [4.69, 9.17) is 33.5 Å². The predicted octanol–water partition coefficient (Wildman–Crippen LogP) is 7.90. The van der Waals surface area contributed by atoms with Gasteiger partial charge < -0.3 is 39.1 Å². The van der Waals surface area contributed by atoms with Gasteiger partial charge in [0.1, 0.15) is 11.4 Å². The maximum Gasteiger partial charge on any atom is 0.407 e. The number of esters is 1. The number of methoxy groups -OCH3 is 1. The number of fused-ring (bicyclic) bond motifs is 2. The number of rotatable bonds is 20. The van der Waals surface area contributed by atoms with E-state index in [0.29, 0.717) is 77.7 Å². The molecule has 0 bridgehead atoms. The summed E-state index contributed by atoms with van der Waals surface area (Å²) in [6.07, 6.45) is 0.744. The van der Waals surface area contributed by atoms with Crippen LogP contribution in [0.2, 0.25) is 0 Å².